The molecule has 0 unspecified atom stereocenters. The smallest absolute Gasteiger partial charge is 0.277 e. The maximum Gasteiger partial charge on any atom is 0.277 e. The van der Waals surface area contributed by atoms with Crippen LogP contribution in [-0.4, -0.2) is 32.1 Å². The van der Waals surface area contributed by atoms with Crippen molar-refractivity contribution >= 4 is 63.0 Å². The van der Waals surface area contributed by atoms with E-state index in [1.165, 1.54) is 11.3 Å². The van der Waals surface area contributed by atoms with Gasteiger partial charge in [-0.25, -0.2) is 0 Å². The Bertz CT molecular complexity index is 933. The van der Waals surface area contributed by atoms with E-state index in [0.717, 1.165) is 23.2 Å². The minimum absolute atomic E-state index is 0.121. The summed E-state index contributed by atoms with van der Waals surface area (Å²) in [7, 11) is 0. The molecule has 142 valence electrons. The predicted octanol–water partition coefficient (Wildman–Crippen LogP) is 4.13. The summed E-state index contributed by atoms with van der Waals surface area (Å²) in [6.07, 6.45) is 0.779. The second-order valence-electron chi connectivity index (χ2n) is 5.13. The Labute approximate surface area is 173 Å². The van der Waals surface area contributed by atoms with Crippen LogP contribution in [0, 0.1) is 0 Å². The van der Waals surface area contributed by atoms with Crippen LogP contribution in [-0.2, 0) is 17.8 Å². The van der Waals surface area contributed by atoms with Crippen LogP contribution in [0.3, 0.4) is 0 Å². The quantitative estimate of drug-likeness (QED) is 0.499. The highest BCUT2D eigenvalue weighted by Gasteiger charge is 2.12. The first-order valence-electron chi connectivity index (χ1n) is 7.80. The van der Waals surface area contributed by atoms with E-state index in [4.69, 9.17) is 27.6 Å². The molecule has 2 N–H and O–H groups in total. The molecule has 0 bridgehead atoms. The number of aryl methyl sites for hydroxylation is 1. The Morgan fingerprint density at radius 3 is 2.89 bits per heavy atom. The average Bonchev–Trinajstić information content (AvgIpc) is 3.30. The number of carbonyl (C=O) groups excluding carboxylic acids is 1. The SMILES string of the molecule is CCc1nnc(NC(=O)CSc2nnc(CNc3cc(Cl)ccc3Cl)o2)s1. The third-order valence-electron chi connectivity index (χ3n) is 3.15. The van der Waals surface area contributed by atoms with Gasteiger partial charge in [0.15, 0.2) is 0 Å². The third kappa shape index (κ3) is 5.80. The number of amides is 1. The maximum absolute atomic E-state index is 11.9. The molecule has 1 amide bonds. The topological polar surface area (TPSA) is 106 Å². The zero-order valence-corrected chi connectivity index (χ0v) is 17.2. The summed E-state index contributed by atoms with van der Waals surface area (Å²) in [6.45, 7) is 2.26. The number of nitrogens with zero attached hydrogens (tertiary/aromatic N) is 4. The van der Waals surface area contributed by atoms with Crippen molar-refractivity contribution in [3.8, 4) is 0 Å². The summed E-state index contributed by atoms with van der Waals surface area (Å²) in [5.41, 5.74) is 0.666. The van der Waals surface area contributed by atoms with Gasteiger partial charge in [-0.15, -0.1) is 20.4 Å². The standard InChI is InChI=1S/C15H14Cl2N6O2S2/c1-2-13-21-22-14(27-13)19-11(24)7-26-15-23-20-12(25-15)6-18-10-5-8(16)3-4-9(10)17/h3-5,18H,2,6-7H2,1H3,(H,19,22,24). The van der Waals surface area contributed by atoms with Crippen molar-refractivity contribution in [2.45, 2.75) is 25.1 Å². The molecule has 0 saturated heterocycles. The van der Waals surface area contributed by atoms with Crippen LogP contribution in [0.15, 0.2) is 27.8 Å². The van der Waals surface area contributed by atoms with Gasteiger partial charge < -0.3 is 9.73 Å². The number of anilines is 2. The highest BCUT2D eigenvalue weighted by molar-refractivity contribution is 7.99. The fourth-order valence-corrected chi connectivity index (χ4v) is 3.53. The second-order valence-corrected chi connectivity index (χ2v) is 7.96. The number of thioether (sulfide) groups is 1. The Morgan fingerprint density at radius 2 is 2.11 bits per heavy atom. The Kier molecular flexibility index (Phi) is 6.89. The average molecular weight is 445 g/mol. The lowest BCUT2D eigenvalue weighted by Crippen LogP contribution is -2.13. The van der Waals surface area contributed by atoms with E-state index in [9.17, 15) is 4.79 Å². The summed E-state index contributed by atoms with van der Waals surface area (Å²) in [5.74, 6) is 0.268. The van der Waals surface area contributed by atoms with E-state index in [-0.39, 0.29) is 18.2 Å². The molecular formula is C15H14Cl2N6O2S2. The second kappa shape index (κ2) is 9.36. The summed E-state index contributed by atoms with van der Waals surface area (Å²) in [5, 5.41) is 24.2. The highest BCUT2D eigenvalue weighted by Crippen LogP contribution is 2.26. The summed E-state index contributed by atoms with van der Waals surface area (Å²) < 4.78 is 5.49. The minimum atomic E-state index is -0.220. The van der Waals surface area contributed by atoms with Crippen molar-refractivity contribution in [1.29, 1.82) is 0 Å². The van der Waals surface area contributed by atoms with Gasteiger partial charge in [0.2, 0.25) is 16.9 Å². The molecule has 1 aromatic carbocycles. The van der Waals surface area contributed by atoms with Crippen LogP contribution in [0.5, 0.6) is 0 Å². The predicted molar refractivity (Wildman–Crippen MR) is 107 cm³/mol. The first-order valence-corrected chi connectivity index (χ1v) is 10.4. The summed E-state index contributed by atoms with van der Waals surface area (Å²) in [4.78, 5) is 11.9. The van der Waals surface area contributed by atoms with Gasteiger partial charge in [-0.05, 0) is 24.6 Å². The van der Waals surface area contributed by atoms with Gasteiger partial charge in [-0.3, -0.25) is 10.1 Å². The molecule has 3 rings (SSSR count). The van der Waals surface area contributed by atoms with Crippen molar-refractivity contribution in [3.05, 3.63) is 39.1 Å². The summed E-state index contributed by atoms with van der Waals surface area (Å²) >= 11 is 14.5. The molecule has 2 aromatic heterocycles. The van der Waals surface area contributed by atoms with E-state index in [1.54, 1.807) is 18.2 Å². The molecule has 27 heavy (non-hydrogen) atoms. The lowest BCUT2D eigenvalue weighted by Gasteiger charge is -2.06. The van der Waals surface area contributed by atoms with Crippen molar-refractivity contribution in [3.63, 3.8) is 0 Å². The molecule has 0 fully saturated rings. The molecule has 0 atom stereocenters. The minimum Gasteiger partial charge on any atom is -0.414 e. The number of rotatable bonds is 8. The van der Waals surface area contributed by atoms with E-state index in [1.807, 2.05) is 6.92 Å². The Morgan fingerprint density at radius 1 is 1.26 bits per heavy atom. The number of nitrogens with one attached hydrogen (secondary N) is 2. The monoisotopic (exact) mass is 444 g/mol. The number of carbonyl (C=O) groups is 1. The first kappa shape index (κ1) is 19.9. The molecule has 0 aliphatic heterocycles. The molecule has 0 radical (unpaired) electrons. The summed E-state index contributed by atoms with van der Waals surface area (Å²) in [6, 6.07) is 5.10. The van der Waals surface area contributed by atoms with Crippen LogP contribution in [0.25, 0.3) is 0 Å². The zero-order valence-electron chi connectivity index (χ0n) is 14.0. The van der Waals surface area contributed by atoms with Gasteiger partial charge in [-0.2, -0.15) is 0 Å². The number of benzene rings is 1. The normalized spacial score (nSPS) is 10.8. The van der Waals surface area contributed by atoms with Gasteiger partial charge in [-0.1, -0.05) is 53.2 Å². The maximum atomic E-state index is 11.9. The van der Waals surface area contributed by atoms with Gasteiger partial charge >= 0.3 is 0 Å². The molecule has 3 aromatic rings. The molecule has 0 aliphatic carbocycles. The molecule has 0 aliphatic rings. The van der Waals surface area contributed by atoms with E-state index >= 15 is 0 Å². The fourth-order valence-electron chi connectivity index (χ4n) is 1.90. The lowest BCUT2D eigenvalue weighted by molar-refractivity contribution is -0.113. The molecular weight excluding hydrogens is 431 g/mol. The first-order chi connectivity index (χ1) is 13.0. The van der Waals surface area contributed by atoms with Crippen LogP contribution in [0.4, 0.5) is 10.8 Å². The fraction of sp³-hybridized carbons (Fsp3) is 0.267. The van der Waals surface area contributed by atoms with Crippen LogP contribution in [0.1, 0.15) is 17.8 Å². The van der Waals surface area contributed by atoms with Gasteiger partial charge in [0.1, 0.15) is 5.01 Å². The van der Waals surface area contributed by atoms with Gasteiger partial charge in [0, 0.05) is 5.02 Å². The Hall–Kier alpha value is -1.88. The molecule has 8 nitrogen and oxygen atoms in total. The lowest BCUT2D eigenvalue weighted by atomic mass is 10.3. The van der Waals surface area contributed by atoms with Crippen molar-refractivity contribution in [2.24, 2.45) is 0 Å². The molecule has 12 heteroatoms. The van der Waals surface area contributed by atoms with E-state index < -0.39 is 0 Å². The Balaban J connectivity index is 1.47. The van der Waals surface area contributed by atoms with Crippen LogP contribution >= 0.6 is 46.3 Å². The zero-order chi connectivity index (χ0) is 19.2. The van der Waals surface area contributed by atoms with E-state index in [2.05, 4.69) is 31.0 Å². The largest absolute Gasteiger partial charge is 0.414 e. The van der Waals surface area contributed by atoms with Crippen molar-refractivity contribution < 1.29 is 9.21 Å². The van der Waals surface area contributed by atoms with Crippen LogP contribution < -0.4 is 10.6 Å². The van der Waals surface area contributed by atoms with Crippen LogP contribution in [0.2, 0.25) is 10.0 Å². The van der Waals surface area contributed by atoms with Crippen molar-refractivity contribution in [2.75, 3.05) is 16.4 Å². The van der Waals surface area contributed by atoms with E-state index in [0.29, 0.717) is 32.0 Å². The highest BCUT2D eigenvalue weighted by atomic mass is 35.5. The number of halogens is 2. The number of aromatic nitrogens is 4. The number of hydrogen-bond acceptors (Lipinski definition) is 9. The number of hydrogen-bond donors (Lipinski definition) is 2. The molecule has 0 spiro atoms. The van der Waals surface area contributed by atoms with Crippen molar-refractivity contribution in [1.82, 2.24) is 20.4 Å². The van der Waals surface area contributed by atoms with Gasteiger partial charge in [0.05, 0.1) is 23.0 Å². The molecule has 0 saturated carbocycles. The third-order valence-corrected chi connectivity index (χ3v) is 5.52. The molecule has 2 heterocycles. The van der Waals surface area contributed by atoms with Gasteiger partial charge in [0.25, 0.3) is 5.22 Å².